The number of aromatic hydroxyl groups is 1. The molecule has 4 heterocycles. The number of aromatic amines is 1. The average Bonchev–Trinajstić information content (AvgIpc) is 3.21. The Bertz CT molecular complexity index is 1240. The number of H-pyrrole nitrogens is 1. The van der Waals surface area contributed by atoms with Gasteiger partial charge in [-0.15, -0.1) is 0 Å². The quantitative estimate of drug-likeness (QED) is 0.537. The standard InChI is InChI=1S/C24H26F3N5O/c1-22(2)6-9-32-10-7-23(3,4)17-18(32)16(22)11-13(19(17)33)20-29-21(31-30-20)14-12-28-8-5-15(14)24(25,26)27/h5,8,11-12,33H,6-7,9-10H2,1-4H3,(H,29,30,31). The molecule has 5 rings (SSSR count). The zero-order chi connectivity index (χ0) is 23.8. The number of phenols is 1. The lowest BCUT2D eigenvalue weighted by atomic mass is 9.68. The molecular weight excluding hydrogens is 431 g/mol. The molecule has 2 N–H and O–H groups in total. The monoisotopic (exact) mass is 457 g/mol. The number of hydrogen-bond acceptors (Lipinski definition) is 5. The first-order valence-electron chi connectivity index (χ1n) is 11.0. The molecule has 0 spiro atoms. The van der Waals surface area contributed by atoms with Gasteiger partial charge in [-0.25, -0.2) is 4.98 Å². The molecule has 0 radical (unpaired) electrons. The molecule has 0 saturated heterocycles. The van der Waals surface area contributed by atoms with Crippen molar-refractivity contribution >= 4 is 5.69 Å². The minimum atomic E-state index is -4.56. The number of nitrogens with one attached hydrogen (secondary N) is 1. The van der Waals surface area contributed by atoms with E-state index in [-0.39, 0.29) is 33.8 Å². The largest absolute Gasteiger partial charge is 0.507 e. The molecule has 2 aromatic heterocycles. The van der Waals surface area contributed by atoms with E-state index in [9.17, 15) is 18.3 Å². The lowest BCUT2D eigenvalue weighted by Gasteiger charge is -2.48. The summed E-state index contributed by atoms with van der Waals surface area (Å²) in [5.41, 5.74) is 2.06. The fraction of sp³-hybridized carbons (Fsp3) is 0.458. The Hall–Kier alpha value is -3.10. The zero-order valence-corrected chi connectivity index (χ0v) is 19.0. The molecule has 1 aromatic carbocycles. The van der Waals surface area contributed by atoms with Crippen LogP contribution in [0.4, 0.5) is 18.9 Å². The van der Waals surface area contributed by atoms with Gasteiger partial charge in [0.2, 0.25) is 0 Å². The second-order valence-electron chi connectivity index (χ2n) is 10.2. The van der Waals surface area contributed by atoms with Crippen LogP contribution in [0, 0.1) is 0 Å². The molecule has 6 nitrogen and oxygen atoms in total. The highest BCUT2D eigenvalue weighted by Crippen LogP contribution is 2.54. The average molecular weight is 458 g/mol. The fourth-order valence-electron chi connectivity index (χ4n) is 5.08. The Balaban J connectivity index is 1.70. The summed E-state index contributed by atoms with van der Waals surface area (Å²) in [5.74, 6) is 0.218. The third kappa shape index (κ3) is 3.36. The van der Waals surface area contributed by atoms with E-state index in [1.807, 2.05) is 6.07 Å². The Kier molecular flexibility index (Phi) is 4.58. The third-order valence-electron chi connectivity index (χ3n) is 7.12. The molecule has 2 aliphatic rings. The van der Waals surface area contributed by atoms with Crippen molar-refractivity contribution in [2.45, 2.75) is 57.5 Å². The normalized spacial score (nSPS) is 18.8. The van der Waals surface area contributed by atoms with Crippen molar-refractivity contribution in [3.8, 4) is 28.5 Å². The van der Waals surface area contributed by atoms with Crippen molar-refractivity contribution in [2.24, 2.45) is 0 Å². The highest BCUT2D eigenvalue weighted by molar-refractivity contribution is 5.81. The van der Waals surface area contributed by atoms with Crippen molar-refractivity contribution in [2.75, 3.05) is 18.0 Å². The number of aromatic nitrogens is 4. The molecular formula is C24H26F3N5O. The minimum Gasteiger partial charge on any atom is -0.507 e. The van der Waals surface area contributed by atoms with Gasteiger partial charge < -0.3 is 10.0 Å². The predicted octanol–water partition coefficient (Wildman–Crippen LogP) is 5.43. The van der Waals surface area contributed by atoms with Crippen molar-refractivity contribution in [3.05, 3.63) is 41.2 Å². The molecule has 0 fully saturated rings. The molecule has 0 bridgehead atoms. The predicted molar refractivity (Wildman–Crippen MR) is 119 cm³/mol. The van der Waals surface area contributed by atoms with Gasteiger partial charge in [0.25, 0.3) is 0 Å². The maximum atomic E-state index is 13.5. The summed E-state index contributed by atoms with van der Waals surface area (Å²) in [7, 11) is 0. The number of benzene rings is 1. The summed E-state index contributed by atoms with van der Waals surface area (Å²) in [6.07, 6.45) is -0.500. The number of rotatable bonds is 2. The molecule has 174 valence electrons. The number of pyridine rings is 1. The summed E-state index contributed by atoms with van der Waals surface area (Å²) >= 11 is 0. The van der Waals surface area contributed by atoms with E-state index in [2.05, 4.69) is 52.8 Å². The highest BCUT2D eigenvalue weighted by Gasteiger charge is 2.43. The van der Waals surface area contributed by atoms with Crippen molar-refractivity contribution < 1.29 is 18.3 Å². The van der Waals surface area contributed by atoms with E-state index in [4.69, 9.17) is 0 Å². The van der Waals surface area contributed by atoms with Crippen LogP contribution in [-0.4, -0.2) is 38.4 Å². The van der Waals surface area contributed by atoms with Crippen molar-refractivity contribution in [1.82, 2.24) is 20.2 Å². The summed E-state index contributed by atoms with van der Waals surface area (Å²) in [5, 5.41) is 18.2. The SMILES string of the molecule is CC1(C)CCN2CCC(C)(C)c3c(O)c(-c4nc(-c5cnccc5C(F)(F)F)n[nH]4)cc1c32. The lowest BCUT2D eigenvalue weighted by molar-refractivity contribution is -0.137. The maximum Gasteiger partial charge on any atom is 0.417 e. The first kappa shape index (κ1) is 21.7. The van der Waals surface area contributed by atoms with Gasteiger partial charge in [0, 0.05) is 36.7 Å². The molecule has 2 aliphatic heterocycles. The smallest absolute Gasteiger partial charge is 0.417 e. The number of hydrogen-bond donors (Lipinski definition) is 2. The summed E-state index contributed by atoms with van der Waals surface area (Å²) in [6, 6.07) is 2.82. The van der Waals surface area contributed by atoms with E-state index in [0.29, 0.717) is 5.56 Å². The van der Waals surface area contributed by atoms with E-state index in [1.54, 1.807) is 0 Å². The molecule has 0 saturated carbocycles. The van der Waals surface area contributed by atoms with Crippen LogP contribution in [0.25, 0.3) is 22.8 Å². The molecule has 9 heteroatoms. The number of nitrogens with zero attached hydrogens (tertiary/aromatic N) is 4. The van der Waals surface area contributed by atoms with Gasteiger partial charge in [-0.1, -0.05) is 27.7 Å². The van der Waals surface area contributed by atoms with Gasteiger partial charge in [-0.2, -0.15) is 18.3 Å². The van der Waals surface area contributed by atoms with Gasteiger partial charge in [-0.05, 0) is 41.4 Å². The minimum absolute atomic E-state index is 0.103. The Morgan fingerprint density at radius 2 is 1.76 bits per heavy atom. The fourth-order valence-corrected chi connectivity index (χ4v) is 5.08. The van der Waals surface area contributed by atoms with Crippen molar-refractivity contribution in [3.63, 3.8) is 0 Å². The van der Waals surface area contributed by atoms with E-state index < -0.39 is 11.7 Å². The van der Waals surface area contributed by atoms with Crippen LogP contribution in [0.5, 0.6) is 5.75 Å². The summed E-state index contributed by atoms with van der Waals surface area (Å²) in [6.45, 7) is 10.4. The van der Waals surface area contributed by atoms with Crippen LogP contribution in [0.2, 0.25) is 0 Å². The van der Waals surface area contributed by atoms with E-state index >= 15 is 0 Å². The number of halogens is 3. The van der Waals surface area contributed by atoms with Crippen LogP contribution < -0.4 is 4.90 Å². The number of anilines is 1. The first-order valence-corrected chi connectivity index (χ1v) is 11.0. The van der Waals surface area contributed by atoms with Gasteiger partial charge in [0.05, 0.1) is 16.7 Å². The maximum absolute atomic E-state index is 13.5. The highest BCUT2D eigenvalue weighted by atomic mass is 19.4. The molecule has 3 aromatic rings. The van der Waals surface area contributed by atoms with E-state index in [0.717, 1.165) is 61.2 Å². The van der Waals surface area contributed by atoms with Gasteiger partial charge in [0.15, 0.2) is 11.6 Å². The first-order chi connectivity index (χ1) is 15.4. The van der Waals surface area contributed by atoms with E-state index in [1.165, 1.54) is 0 Å². The second-order valence-corrected chi connectivity index (χ2v) is 10.2. The summed E-state index contributed by atoms with van der Waals surface area (Å²) < 4.78 is 40.5. The molecule has 0 atom stereocenters. The molecule has 0 aliphatic carbocycles. The van der Waals surface area contributed by atoms with Crippen LogP contribution >= 0.6 is 0 Å². The van der Waals surface area contributed by atoms with Crippen molar-refractivity contribution in [1.29, 1.82) is 0 Å². The van der Waals surface area contributed by atoms with Crippen LogP contribution in [-0.2, 0) is 17.0 Å². The Labute approximate surface area is 189 Å². The number of phenolic OH excluding ortho intramolecular Hbond substituents is 1. The molecule has 0 unspecified atom stereocenters. The topological polar surface area (TPSA) is 77.9 Å². The van der Waals surface area contributed by atoms with Gasteiger partial charge in [-0.3, -0.25) is 10.1 Å². The summed E-state index contributed by atoms with van der Waals surface area (Å²) in [4.78, 5) is 10.5. The zero-order valence-electron chi connectivity index (χ0n) is 19.0. The second kappa shape index (κ2) is 6.95. The molecule has 0 amide bonds. The van der Waals surface area contributed by atoms with Gasteiger partial charge >= 0.3 is 6.18 Å². The van der Waals surface area contributed by atoms with Crippen LogP contribution in [0.1, 0.15) is 57.2 Å². The lowest BCUT2D eigenvalue weighted by Crippen LogP contribution is -2.44. The Morgan fingerprint density at radius 1 is 1.06 bits per heavy atom. The third-order valence-corrected chi connectivity index (χ3v) is 7.12. The van der Waals surface area contributed by atoms with Crippen LogP contribution in [0.3, 0.4) is 0 Å². The Morgan fingerprint density at radius 3 is 2.45 bits per heavy atom. The van der Waals surface area contributed by atoms with Crippen LogP contribution in [0.15, 0.2) is 24.5 Å². The van der Waals surface area contributed by atoms with Gasteiger partial charge in [0.1, 0.15) is 5.75 Å². The molecule has 33 heavy (non-hydrogen) atoms. The number of alkyl halides is 3.